The van der Waals surface area contributed by atoms with Crippen molar-refractivity contribution in [3.63, 3.8) is 0 Å². The Kier molecular flexibility index (Phi) is 3.97. The minimum absolute atomic E-state index is 0.301. The Balaban J connectivity index is 1.53. The lowest BCUT2D eigenvalue weighted by atomic mass is 10.0. The average molecular weight is 373 g/mol. The van der Waals surface area contributed by atoms with Crippen molar-refractivity contribution in [3.8, 4) is 11.8 Å². The maximum absolute atomic E-state index is 12.9. The van der Waals surface area contributed by atoms with Crippen molar-refractivity contribution in [2.45, 2.75) is 0 Å². The maximum Gasteiger partial charge on any atom is 0.266 e. The minimum Gasteiger partial charge on any atom is -0.268 e. The fourth-order valence-corrected chi connectivity index (χ4v) is 3.60. The average Bonchev–Trinajstić information content (AvgIpc) is 3.02. The normalized spacial score (nSPS) is 12.6. The molecule has 3 nitrogen and oxygen atoms in total. The number of rotatable bonds is 1. The molecule has 0 atom stereocenters. The lowest BCUT2D eigenvalue weighted by Crippen LogP contribution is -2.29. The quantitative estimate of drug-likeness (QED) is 0.346. The molecule has 136 valence electrons. The number of hydrogen-bond donors (Lipinski definition) is 0. The summed E-state index contributed by atoms with van der Waals surface area (Å²) in [6.07, 6.45) is 0. The molecule has 3 heteroatoms. The van der Waals surface area contributed by atoms with E-state index in [-0.39, 0.29) is 11.8 Å². The summed E-state index contributed by atoms with van der Waals surface area (Å²) >= 11 is 0. The molecule has 0 aliphatic carbocycles. The molecule has 1 heterocycles. The highest BCUT2D eigenvalue weighted by Crippen LogP contribution is 2.28. The molecular formula is C26H15NO2. The summed E-state index contributed by atoms with van der Waals surface area (Å²) in [5, 5.41) is 2.22. The van der Waals surface area contributed by atoms with Gasteiger partial charge in [-0.15, -0.1) is 0 Å². The second-order valence-corrected chi connectivity index (χ2v) is 6.82. The van der Waals surface area contributed by atoms with Gasteiger partial charge < -0.3 is 0 Å². The van der Waals surface area contributed by atoms with Gasteiger partial charge in [-0.1, -0.05) is 66.4 Å². The Hall–Kier alpha value is -4.16. The van der Waals surface area contributed by atoms with Gasteiger partial charge in [-0.2, -0.15) is 0 Å². The Labute approximate surface area is 168 Å². The molecule has 5 rings (SSSR count). The first kappa shape index (κ1) is 17.0. The lowest BCUT2D eigenvalue weighted by molar-refractivity contribution is 0.0926. The minimum atomic E-state index is -0.315. The van der Waals surface area contributed by atoms with Crippen molar-refractivity contribution >= 4 is 28.3 Å². The van der Waals surface area contributed by atoms with Crippen LogP contribution in [0.25, 0.3) is 10.8 Å². The molecule has 0 spiro atoms. The molecule has 0 saturated heterocycles. The Morgan fingerprint density at radius 2 is 1.34 bits per heavy atom. The monoisotopic (exact) mass is 373 g/mol. The number of nitrogens with zero attached hydrogens (tertiary/aromatic N) is 1. The Bertz CT molecular complexity index is 1340. The highest BCUT2D eigenvalue weighted by Gasteiger charge is 2.36. The van der Waals surface area contributed by atoms with Crippen LogP contribution in [0, 0.1) is 11.8 Å². The second kappa shape index (κ2) is 6.78. The van der Waals surface area contributed by atoms with Crippen LogP contribution in [0.15, 0.2) is 91.0 Å². The smallest absolute Gasteiger partial charge is 0.266 e. The lowest BCUT2D eigenvalue weighted by Gasteiger charge is -2.13. The molecule has 1 aliphatic heterocycles. The largest absolute Gasteiger partial charge is 0.268 e. The van der Waals surface area contributed by atoms with Gasteiger partial charge in [0.25, 0.3) is 11.8 Å². The Morgan fingerprint density at radius 3 is 2.21 bits per heavy atom. The van der Waals surface area contributed by atoms with Crippen LogP contribution in [0.4, 0.5) is 5.69 Å². The molecule has 0 N–H and O–H groups in total. The molecular weight excluding hydrogens is 358 g/mol. The van der Waals surface area contributed by atoms with Crippen LogP contribution < -0.4 is 4.90 Å². The molecule has 4 aromatic rings. The molecule has 29 heavy (non-hydrogen) atoms. The van der Waals surface area contributed by atoms with Gasteiger partial charge in [-0.3, -0.25) is 9.59 Å². The zero-order chi connectivity index (χ0) is 19.8. The van der Waals surface area contributed by atoms with Crippen molar-refractivity contribution in [3.05, 3.63) is 113 Å². The van der Waals surface area contributed by atoms with Gasteiger partial charge >= 0.3 is 0 Å². The summed E-state index contributed by atoms with van der Waals surface area (Å²) in [6.45, 7) is 0. The van der Waals surface area contributed by atoms with E-state index >= 15 is 0 Å². The van der Waals surface area contributed by atoms with E-state index in [0.29, 0.717) is 22.4 Å². The molecule has 0 bridgehead atoms. The molecule has 0 unspecified atom stereocenters. The predicted octanol–water partition coefficient (Wildman–Crippen LogP) is 5.04. The molecule has 0 saturated carbocycles. The van der Waals surface area contributed by atoms with E-state index in [9.17, 15) is 9.59 Å². The van der Waals surface area contributed by atoms with E-state index in [1.165, 1.54) is 4.90 Å². The van der Waals surface area contributed by atoms with Crippen molar-refractivity contribution < 1.29 is 9.59 Å². The van der Waals surface area contributed by atoms with Gasteiger partial charge in [-0.25, -0.2) is 4.90 Å². The second-order valence-electron chi connectivity index (χ2n) is 6.82. The number of carbonyl (C=O) groups excluding carboxylic acids is 2. The van der Waals surface area contributed by atoms with Crippen LogP contribution in [0.1, 0.15) is 31.8 Å². The van der Waals surface area contributed by atoms with Crippen LogP contribution >= 0.6 is 0 Å². The maximum atomic E-state index is 12.9. The summed E-state index contributed by atoms with van der Waals surface area (Å²) in [7, 11) is 0. The van der Waals surface area contributed by atoms with Gasteiger partial charge in [0, 0.05) is 11.1 Å². The van der Waals surface area contributed by atoms with E-state index < -0.39 is 0 Å². The number of carbonyl (C=O) groups is 2. The van der Waals surface area contributed by atoms with Gasteiger partial charge in [0.05, 0.1) is 16.8 Å². The first-order valence-corrected chi connectivity index (χ1v) is 9.30. The number of amides is 2. The summed E-state index contributed by atoms with van der Waals surface area (Å²) < 4.78 is 0. The van der Waals surface area contributed by atoms with Crippen LogP contribution in [0.3, 0.4) is 0 Å². The molecule has 0 aromatic heterocycles. The van der Waals surface area contributed by atoms with Gasteiger partial charge in [-0.05, 0) is 47.2 Å². The van der Waals surface area contributed by atoms with Crippen LogP contribution in [0.2, 0.25) is 0 Å². The van der Waals surface area contributed by atoms with Gasteiger partial charge in [0.1, 0.15) is 0 Å². The summed E-state index contributed by atoms with van der Waals surface area (Å²) in [5.74, 6) is 5.73. The fourth-order valence-electron chi connectivity index (χ4n) is 3.60. The van der Waals surface area contributed by atoms with Crippen LogP contribution in [-0.2, 0) is 0 Å². The third-order valence-corrected chi connectivity index (χ3v) is 5.03. The number of fused-ring (bicyclic) bond motifs is 2. The first-order chi connectivity index (χ1) is 14.2. The predicted molar refractivity (Wildman–Crippen MR) is 114 cm³/mol. The zero-order valence-corrected chi connectivity index (χ0v) is 15.4. The summed E-state index contributed by atoms with van der Waals surface area (Å²) in [5.41, 5.74) is 3.00. The van der Waals surface area contributed by atoms with E-state index in [1.807, 2.05) is 36.4 Å². The van der Waals surface area contributed by atoms with Gasteiger partial charge in [0.2, 0.25) is 0 Å². The molecule has 0 radical (unpaired) electrons. The van der Waals surface area contributed by atoms with E-state index in [2.05, 4.69) is 24.0 Å². The molecule has 4 aromatic carbocycles. The fraction of sp³-hybridized carbons (Fsp3) is 0. The number of anilines is 1. The van der Waals surface area contributed by atoms with E-state index in [0.717, 1.165) is 16.3 Å². The Morgan fingerprint density at radius 1 is 0.621 bits per heavy atom. The number of para-hydroxylation sites is 1. The topological polar surface area (TPSA) is 37.4 Å². The number of imide groups is 1. The van der Waals surface area contributed by atoms with Crippen LogP contribution in [0.5, 0.6) is 0 Å². The standard InChI is InChI=1S/C26H15NO2/c28-25-23-16-14-18(13-15-20-9-6-8-19-7-4-5-12-22(19)20)17-24(23)26(29)27(25)21-10-2-1-3-11-21/h1-12,14,16-17H. The number of hydrogen-bond acceptors (Lipinski definition) is 2. The SMILES string of the molecule is O=C1c2ccc(C#Cc3cccc4ccccc34)cc2C(=O)N1c1ccccc1. The summed E-state index contributed by atoms with van der Waals surface area (Å²) in [4.78, 5) is 26.8. The highest BCUT2D eigenvalue weighted by atomic mass is 16.2. The van der Waals surface area contributed by atoms with Crippen LogP contribution in [-0.4, -0.2) is 11.8 Å². The third kappa shape index (κ3) is 2.88. The van der Waals surface area contributed by atoms with Crippen molar-refractivity contribution in [1.29, 1.82) is 0 Å². The number of benzene rings is 4. The molecule has 1 aliphatic rings. The van der Waals surface area contributed by atoms with Gasteiger partial charge in [0.15, 0.2) is 0 Å². The van der Waals surface area contributed by atoms with Crippen molar-refractivity contribution in [2.75, 3.05) is 4.90 Å². The van der Waals surface area contributed by atoms with Crippen molar-refractivity contribution in [2.24, 2.45) is 0 Å². The van der Waals surface area contributed by atoms with E-state index in [4.69, 9.17) is 0 Å². The highest BCUT2D eigenvalue weighted by molar-refractivity contribution is 6.34. The first-order valence-electron chi connectivity index (χ1n) is 9.30. The van der Waals surface area contributed by atoms with Crippen molar-refractivity contribution in [1.82, 2.24) is 0 Å². The third-order valence-electron chi connectivity index (χ3n) is 5.03. The zero-order valence-electron chi connectivity index (χ0n) is 15.4. The molecule has 0 fully saturated rings. The van der Waals surface area contributed by atoms with E-state index in [1.54, 1.807) is 42.5 Å². The molecule has 2 amide bonds. The summed E-state index contributed by atoms with van der Waals surface area (Å²) in [6, 6.07) is 28.3.